The molecule has 1 aliphatic carbocycles. The number of ether oxygens (including phenoxy) is 1. The zero-order chi connectivity index (χ0) is 9.73. The second kappa shape index (κ2) is 4.42. The fraction of sp³-hybridized carbons (Fsp3) is 0.700. The fourth-order valence-electron chi connectivity index (χ4n) is 1.48. The molecule has 0 aromatic heterocycles. The van der Waals surface area contributed by atoms with Crippen molar-refractivity contribution in [2.75, 3.05) is 13.7 Å². The Morgan fingerprint density at radius 1 is 1.62 bits per heavy atom. The van der Waals surface area contributed by atoms with Crippen LogP contribution in [0.1, 0.15) is 26.2 Å². The summed E-state index contributed by atoms with van der Waals surface area (Å²) in [6, 6.07) is 0. The smallest absolute Gasteiger partial charge is 0.243 e. The lowest BCUT2D eigenvalue weighted by Crippen LogP contribution is -2.49. The van der Waals surface area contributed by atoms with Crippen molar-refractivity contribution in [1.29, 1.82) is 0 Å². The molecule has 3 nitrogen and oxygen atoms in total. The van der Waals surface area contributed by atoms with E-state index < -0.39 is 0 Å². The standard InChI is InChI=1S/C10H17NO2/c1-3-5-9(12)11-8-10(13-2)6-4-7-10/h3,5H,4,6-8H2,1-2H3,(H,11,12)/b5-3+. The highest BCUT2D eigenvalue weighted by molar-refractivity contribution is 5.87. The highest BCUT2D eigenvalue weighted by Gasteiger charge is 2.36. The Bertz CT molecular complexity index is 201. The maximum atomic E-state index is 11.1. The van der Waals surface area contributed by atoms with Crippen molar-refractivity contribution in [3.8, 4) is 0 Å². The number of amides is 1. The van der Waals surface area contributed by atoms with Crippen LogP contribution in [0, 0.1) is 0 Å². The normalized spacial score (nSPS) is 19.8. The summed E-state index contributed by atoms with van der Waals surface area (Å²) in [7, 11) is 1.71. The predicted octanol–water partition coefficient (Wildman–Crippen LogP) is 1.25. The van der Waals surface area contributed by atoms with Crippen molar-refractivity contribution in [3.63, 3.8) is 0 Å². The average molecular weight is 183 g/mol. The monoisotopic (exact) mass is 183 g/mol. The van der Waals surface area contributed by atoms with E-state index in [-0.39, 0.29) is 11.5 Å². The Hall–Kier alpha value is -0.830. The van der Waals surface area contributed by atoms with Gasteiger partial charge in [-0.25, -0.2) is 0 Å². The van der Waals surface area contributed by atoms with Gasteiger partial charge in [0.15, 0.2) is 0 Å². The summed E-state index contributed by atoms with van der Waals surface area (Å²) in [5.74, 6) is -0.0363. The van der Waals surface area contributed by atoms with Crippen LogP contribution >= 0.6 is 0 Å². The minimum Gasteiger partial charge on any atom is -0.376 e. The lowest BCUT2D eigenvalue weighted by Gasteiger charge is -2.40. The van der Waals surface area contributed by atoms with E-state index in [2.05, 4.69) is 5.32 Å². The molecule has 1 rings (SSSR count). The molecule has 0 radical (unpaired) electrons. The molecular weight excluding hydrogens is 166 g/mol. The fourth-order valence-corrected chi connectivity index (χ4v) is 1.48. The van der Waals surface area contributed by atoms with Crippen LogP contribution in [-0.4, -0.2) is 25.2 Å². The molecule has 0 unspecified atom stereocenters. The van der Waals surface area contributed by atoms with Gasteiger partial charge in [0.2, 0.25) is 5.91 Å². The van der Waals surface area contributed by atoms with Crippen molar-refractivity contribution in [2.45, 2.75) is 31.8 Å². The van der Waals surface area contributed by atoms with E-state index in [0.29, 0.717) is 6.54 Å². The molecule has 0 bridgehead atoms. The summed E-state index contributed by atoms with van der Waals surface area (Å²) in [6.45, 7) is 2.46. The van der Waals surface area contributed by atoms with Crippen LogP contribution in [0.2, 0.25) is 0 Å². The molecule has 1 saturated carbocycles. The first-order valence-electron chi connectivity index (χ1n) is 4.68. The third-order valence-corrected chi connectivity index (χ3v) is 2.60. The molecule has 0 spiro atoms. The summed E-state index contributed by atoms with van der Waals surface area (Å²) in [5, 5.41) is 2.83. The molecule has 0 atom stereocenters. The predicted molar refractivity (Wildman–Crippen MR) is 51.4 cm³/mol. The van der Waals surface area contributed by atoms with Gasteiger partial charge in [0.05, 0.1) is 5.60 Å². The largest absolute Gasteiger partial charge is 0.376 e. The SMILES string of the molecule is C/C=C/C(=O)NCC1(OC)CCC1. The van der Waals surface area contributed by atoms with Crippen molar-refractivity contribution in [2.24, 2.45) is 0 Å². The van der Waals surface area contributed by atoms with E-state index >= 15 is 0 Å². The van der Waals surface area contributed by atoms with E-state index in [4.69, 9.17) is 4.74 Å². The number of methoxy groups -OCH3 is 1. The molecule has 1 fully saturated rings. The quantitative estimate of drug-likeness (QED) is 0.666. The summed E-state index contributed by atoms with van der Waals surface area (Å²) < 4.78 is 5.36. The molecule has 1 aliphatic rings. The minimum absolute atomic E-state index is 0.0363. The molecule has 3 heteroatoms. The van der Waals surface area contributed by atoms with Gasteiger partial charge in [-0.2, -0.15) is 0 Å². The zero-order valence-electron chi connectivity index (χ0n) is 8.30. The van der Waals surface area contributed by atoms with Gasteiger partial charge >= 0.3 is 0 Å². The summed E-state index contributed by atoms with van der Waals surface area (Å²) in [4.78, 5) is 11.1. The van der Waals surface area contributed by atoms with Crippen LogP contribution in [0.3, 0.4) is 0 Å². The second-order valence-electron chi connectivity index (χ2n) is 3.46. The highest BCUT2D eigenvalue weighted by atomic mass is 16.5. The summed E-state index contributed by atoms with van der Waals surface area (Å²) in [5.41, 5.74) is -0.0722. The van der Waals surface area contributed by atoms with Gasteiger partial charge in [-0.15, -0.1) is 0 Å². The first-order valence-corrected chi connectivity index (χ1v) is 4.68. The Kier molecular flexibility index (Phi) is 3.48. The van der Waals surface area contributed by atoms with Gasteiger partial charge in [-0.05, 0) is 32.3 Å². The van der Waals surface area contributed by atoms with Crippen LogP contribution < -0.4 is 5.32 Å². The molecule has 74 valence electrons. The van der Waals surface area contributed by atoms with Crippen LogP contribution in [0.15, 0.2) is 12.2 Å². The van der Waals surface area contributed by atoms with E-state index in [1.807, 2.05) is 6.92 Å². The van der Waals surface area contributed by atoms with Gasteiger partial charge in [0, 0.05) is 13.7 Å². The lowest BCUT2D eigenvalue weighted by atomic mass is 9.80. The molecule has 0 heterocycles. The topological polar surface area (TPSA) is 38.3 Å². The van der Waals surface area contributed by atoms with E-state index in [9.17, 15) is 4.79 Å². The molecular formula is C10H17NO2. The van der Waals surface area contributed by atoms with Crippen LogP contribution in [0.25, 0.3) is 0 Å². The molecule has 0 aliphatic heterocycles. The first-order chi connectivity index (χ1) is 6.22. The van der Waals surface area contributed by atoms with E-state index in [1.54, 1.807) is 13.2 Å². The number of carbonyl (C=O) groups is 1. The maximum Gasteiger partial charge on any atom is 0.243 e. The van der Waals surface area contributed by atoms with Crippen LogP contribution in [0.5, 0.6) is 0 Å². The second-order valence-corrected chi connectivity index (χ2v) is 3.46. The molecule has 0 aromatic rings. The van der Waals surface area contributed by atoms with Crippen molar-refractivity contribution in [1.82, 2.24) is 5.32 Å². The number of rotatable bonds is 4. The Morgan fingerprint density at radius 2 is 2.31 bits per heavy atom. The number of hydrogen-bond donors (Lipinski definition) is 1. The molecule has 0 aromatic carbocycles. The molecule has 13 heavy (non-hydrogen) atoms. The van der Waals surface area contributed by atoms with Gasteiger partial charge in [0.25, 0.3) is 0 Å². The van der Waals surface area contributed by atoms with Crippen molar-refractivity contribution < 1.29 is 9.53 Å². The van der Waals surface area contributed by atoms with Gasteiger partial charge in [-0.1, -0.05) is 6.08 Å². The van der Waals surface area contributed by atoms with E-state index in [1.165, 1.54) is 12.5 Å². The lowest BCUT2D eigenvalue weighted by molar-refractivity contribution is -0.120. The Balaban J connectivity index is 2.28. The maximum absolute atomic E-state index is 11.1. The third-order valence-electron chi connectivity index (χ3n) is 2.60. The van der Waals surface area contributed by atoms with Gasteiger partial charge in [0.1, 0.15) is 0 Å². The van der Waals surface area contributed by atoms with Gasteiger partial charge < -0.3 is 10.1 Å². The third kappa shape index (κ3) is 2.56. The van der Waals surface area contributed by atoms with Gasteiger partial charge in [-0.3, -0.25) is 4.79 Å². The Morgan fingerprint density at radius 3 is 2.69 bits per heavy atom. The van der Waals surface area contributed by atoms with Crippen molar-refractivity contribution in [3.05, 3.63) is 12.2 Å². The number of hydrogen-bond acceptors (Lipinski definition) is 2. The van der Waals surface area contributed by atoms with Crippen LogP contribution in [-0.2, 0) is 9.53 Å². The number of carbonyl (C=O) groups excluding carboxylic acids is 1. The minimum atomic E-state index is -0.0722. The molecule has 1 N–H and O–H groups in total. The number of allylic oxidation sites excluding steroid dienone is 1. The zero-order valence-corrected chi connectivity index (χ0v) is 8.30. The van der Waals surface area contributed by atoms with Crippen LogP contribution in [0.4, 0.5) is 0 Å². The van der Waals surface area contributed by atoms with E-state index in [0.717, 1.165) is 12.8 Å². The average Bonchev–Trinajstić information content (AvgIpc) is 2.04. The first kappa shape index (κ1) is 10.3. The molecule has 1 amide bonds. The highest BCUT2D eigenvalue weighted by Crippen LogP contribution is 2.34. The number of nitrogens with one attached hydrogen (secondary N) is 1. The van der Waals surface area contributed by atoms with Crippen molar-refractivity contribution >= 4 is 5.91 Å². The summed E-state index contributed by atoms with van der Waals surface area (Å²) >= 11 is 0. The summed E-state index contributed by atoms with van der Waals surface area (Å²) in [6.07, 6.45) is 6.57. The molecule has 0 saturated heterocycles. The Labute approximate surface area is 79.2 Å².